The number of aliphatic hydroxyl groups is 1. The molecular formula is C19H22ClN3O4. The van der Waals surface area contributed by atoms with Crippen molar-refractivity contribution in [2.45, 2.75) is 50.9 Å². The van der Waals surface area contributed by atoms with E-state index < -0.39 is 35.4 Å². The average molecular weight is 392 g/mol. The third kappa shape index (κ3) is 2.19. The van der Waals surface area contributed by atoms with Crippen molar-refractivity contribution in [2.24, 2.45) is 11.8 Å². The van der Waals surface area contributed by atoms with Gasteiger partial charge < -0.3 is 10.4 Å². The van der Waals surface area contributed by atoms with Crippen LogP contribution in [-0.4, -0.2) is 45.9 Å². The van der Waals surface area contributed by atoms with Gasteiger partial charge in [0, 0.05) is 17.6 Å². The molecule has 0 unspecified atom stereocenters. The predicted molar refractivity (Wildman–Crippen MR) is 99.0 cm³/mol. The van der Waals surface area contributed by atoms with Crippen LogP contribution in [-0.2, 0) is 19.9 Å². The highest BCUT2D eigenvalue weighted by molar-refractivity contribution is 6.35. The molecule has 1 spiro atoms. The Bertz CT molecular complexity index is 857. The summed E-state index contributed by atoms with van der Waals surface area (Å²) in [6.45, 7) is 5.27. The molecule has 0 aromatic heterocycles. The summed E-state index contributed by atoms with van der Waals surface area (Å²) in [5.74, 6) is -2.85. The number of aliphatic hydroxyl groups excluding tert-OH is 1. The van der Waals surface area contributed by atoms with Crippen LogP contribution >= 0.6 is 11.6 Å². The van der Waals surface area contributed by atoms with Gasteiger partial charge in [0.05, 0.1) is 28.6 Å². The zero-order chi connectivity index (χ0) is 19.7. The fourth-order valence-electron chi connectivity index (χ4n) is 4.78. The number of amides is 3. The van der Waals surface area contributed by atoms with Crippen LogP contribution < -0.4 is 10.6 Å². The van der Waals surface area contributed by atoms with Gasteiger partial charge in [-0.2, -0.15) is 0 Å². The maximum atomic E-state index is 13.3. The van der Waals surface area contributed by atoms with Gasteiger partial charge in [-0.3, -0.25) is 24.6 Å². The van der Waals surface area contributed by atoms with Gasteiger partial charge in [-0.05, 0) is 26.3 Å². The third-order valence-corrected chi connectivity index (χ3v) is 6.53. The predicted octanol–water partition coefficient (Wildman–Crippen LogP) is 1.24. The van der Waals surface area contributed by atoms with Crippen LogP contribution in [0.25, 0.3) is 0 Å². The second kappa shape index (κ2) is 6.02. The molecule has 3 aliphatic heterocycles. The highest BCUT2D eigenvalue weighted by atomic mass is 35.5. The van der Waals surface area contributed by atoms with E-state index in [4.69, 9.17) is 11.6 Å². The van der Waals surface area contributed by atoms with E-state index in [9.17, 15) is 19.5 Å². The van der Waals surface area contributed by atoms with Crippen molar-refractivity contribution in [2.75, 3.05) is 5.32 Å². The van der Waals surface area contributed by atoms with Gasteiger partial charge in [0.25, 0.3) is 0 Å². The van der Waals surface area contributed by atoms with Gasteiger partial charge in [0.15, 0.2) is 0 Å². The minimum absolute atomic E-state index is 0.273. The SMILES string of the molecule is CC[C@@H](C)N1C(=O)[C@@H]2[C@@H]([C@H](C)O)N[C@]3(C(=O)Nc4c(Cl)cccc43)[C@@H]2C1=O. The van der Waals surface area contributed by atoms with E-state index in [0.29, 0.717) is 22.7 Å². The Morgan fingerprint density at radius 1 is 1.26 bits per heavy atom. The number of nitrogens with zero attached hydrogens (tertiary/aromatic N) is 1. The number of carbonyl (C=O) groups excluding carboxylic acids is 3. The molecule has 6 atom stereocenters. The Morgan fingerprint density at radius 2 is 1.96 bits per heavy atom. The van der Waals surface area contributed by atoms with Crippen molar-refractivity contribution in [3.8, 4) is 0 Å². The molecule has 3 heterocycles. The van der Waals surface area contributed by atoms with Gasteiger partial charge in [0.2, 0.25) is 17.7 Å². The third-order valence-electron chi connectivity index (χ3n) is 6.22. The van der Waals surface area contributed by atoms with Gasteiger partial charge in [-0.1, -0.05) is 30.7 Å². The molecule has 0 radical (unpaired) electrons. The monoisotopic (exact) mass is 391 g/mol. The second-order valence-corrected chi connectivity index (χ2v) is 8.05. The fourth-order valence-corrected chi connectivity index (χ4v) is 5.00. The molecule has 2 saturated heterocycles. The molecule has 2 fully saturated rings. The molecule has 3 amide bonds. The van der Waals surface area contributed by atoms with Crippen LogP contribution in [0.15, 0.2) is 18.2 Å². The number of hydrogen-bond acceptors (Lipinski definition) is 5. The molecule has 1 aromatic rings. The van der Waals surface area contributed by atoms with E-state index in [2.05, 4.69) is 10.6 Å². The Balaban J connectivity index is 1.92. The number of carbonyl (C=O) groups is 3. The van der Waals surface area contributed by atoms with E-state index >= 15 is 0 Å². The molecule has 0 aliphatic carbocycles. The Morgan fingerprint density at radius 3 is 2.59 bits per heavy atom. The first-order chi connectivity index (χ1) is 12.8. The van der Waals surface area contributed by atoms with Crippen LogP contribution in [0.1, 0.15) is 32.8 Å². The molecule has 7 nitrogen and oxygen atoms in total. The molecule has 8 heteroatoms. The number of imide groups is 1. The second-order valence-electron chi connectivity index (χ2n) is 7.64. The zero-order valence-electron chi connectivity index (χ0n) is 15.3. The van der Waals surface area contributed by atoms with Crippen LogP contribution in [0.2, 0.25) is 5.02 Å². The minimum Gasteiger partial charge on any atom is -0.392 e. The average Bonchev–Trinajstić information content (AvgIpc) is 3.21. The first kappa shape index (κ1) is 18.4. The maximum Gasteiger partial charge on any atom is 0.250 e. The summed E-state index contributed by atoms with van der Waals surface area (Å²) in [5.41, 5.74) is -0.421. The van der Waals surface area contributed by atoms with E-state index in [0.717, 1.165) is 0 Å². The number of anilines is 1. The van der Waals surface area contributed by atoms with Gasteiger partial charge in [-0.15, -0.1) is 0 Å². The lowest BCUT2D eigenvalue weighted by Gasteiger charge is -2.31. The van der Waals surface area contributed by atoms with E-state index in [1.165, 1.54) is 4.90 Å². The number of rotatable bonds is 3. The van der Waals surface area contributed by atoms with Crippen molar-refractivity contribution in [3.63, 3.8) is 0 Å². The van der Waals surface area contributed by atoms with E-state index in [1.54, 1.807) is 25.1 Å². The highest BCUT2D eigenvalue weighted by Crippen LogP contribution is 2.54. The molecule has 1 aromatic carbocycles. The first-order valence-electron chi connectivity index (χ1n) is 9.18. The number of benzene rings is 1. The summed E-state index contributed by atoms with van der Waals surface area (Å²) < 4.78 is 0. The lowest BCUT2D eigenvalue weighted by Crippen LogP contribution is -2.55. The summed E-state index contributed by atoms with van der Waals surface area (Å²) in [6, 6.07) is 4.12. The summed E-state index contributed by atoms with van der Waals surface area (Å²) in [7, 11) is 0. The van der Waals surface area contributed by atoms with Gasteiger partial charge in [-0.25, -0.2) is 0 Å². The molecule has 27 heavy (non-hydrogen) atoms. The normalized spacial score (nSPS) is 34.0. The molecule has 4 rings (SSSR count). The number of para-hydroxylation sites is 1. The topological polar surface area (TPSA) is 98.7 Å². The lowest BCUT2D eigenvalue weighted by molar-refractivity contribution is -0.145. The Hall–Kier alpha value is -1.96. The minimum atomic E-state index is -1.42. The van der Waals surface area contributed by atoms with Crippen molar-refractivity contribution < 1.29 is 19.5 Å². The summed E-state index contributed by atoms with van der Waals surface area (Å²) in [5, 5.41) is 16.6. The Labute approximate surface area is 162 Å². The van der Waals surface area contributed by atoms with Crippen molar-refractivity contribution in [3.05, 3.63) is 28.8 Å². The molecule has 3 aliphatic rings. The summed E-state index contributed by atoms with van der Waals surface area (Å²) in [4.78, 5) is 40.9. The summed E-state index contributed by atoms with van der Waals surface area (Å²) in [6.07, 6.45) is -0.299. The van der Waals surface area contributed by atoms with Crippen molar-refractivity contribution >= 4 is 35.0 Å². The van der Waals surface area contributed by atoms with Gasteiger partial charge >= 0.3 is 0 Å². The number of likely N-dealkylation sites (tertiary alicyclic amines) is 1. The molecule has 0 saturated carbocycles. The quantitative estimate of drug-likeness (QED) is 0.673. The number of hydrogen-bond donors (Lipinski definition) is 3. The largest absolute Gasteiger partial charge is 0.392 e. The van der Waals surface area contributed by atoms with Crippen molar-refractivity contribution in [1.29, 1.82) is 0 Å². The number of nitrogens with one attached hydrogen (secondary N) is 2. The van der Waals surface area contributed by atoms with Crippen LogP contribution in [0.4, 0.5) is 5.69 Å². The fraction of sp³-hybridized carbons (Fsp3) is 0.526. The molecule has 3 N–H and O–H groups in total. The highest BCUT2D eigenvalue weighted by Gasteiger charge is 2.71. The smallest absolute Gasteiger partial charge is 0.250 e. The first-order valence-corrected chi connectivity index (χ1v) is 9.56. The van der Waals surface area contributed by atoms with E-state index in [-0.39, 0.29) is 17.9 Å². The van der Waals surface area contributed by atoms with Crippen LogP contribution in [0.5, 0.6) is 0 Å². The van der Waals surface area contributed by atoms with Gasteiger partial charge in [0.1, 0.15) is 5.54 Å². The Kier molecular flexibility index (Phi) is 4.10. The van der Waals surface area contributed by atoms with E-state index in [1.807, 2.05) is 13.8 Å². The molecular weight excluding hydrogens is 370 g/mol. The summed E-state index contributed by atoms with van der Waals surface area (Å²) >= 11 is 6.25. The molecule has 144 valence electrons. The zero-order valence-corrected chi connectivity index (χ0v) is 16.1. The van der Waals surface area contributed by atoms with Crippen molar-refractivity contribution in [1.82, 2.24) is 10.2 Å². The standard InChI is InChI=1S/C19H22ClN3O4/c1-4-8(2)23-16(25)12-13(17(23)26)19(22-14(12)9(3)24)10-6-5-7-11(20)15(10)21-18(19)27/h5-9,12-14,22,24H,4H2,1-3H3,(H,21,27)/t8-,9+,12+,13+,14-,19+/m1/s1. The molecule has 0 bridgehead atoms. The lowest BCUT2D eigenvalue weighted by atomic mass is 9.76. The number of halogens is 1. The van der Waals surface area contributed by atoms with Crippen LogP contribution in [0.3, 0.4) is 0 Å². The maximum absolute atomic E-state index is 13.3. The van der Waals surface area contributed by atoms with Crippen LogP contribution in [0, 0.1) is 11.8 Å². The number of fused-ring (bicyclic) bond motifs is 4.